The highest BCUT2D eigenvalue weighted by Crippen LogP contribution is 2.25. The second kappa shape index (κ2) is 8.20. The van der Waals surface area contributed by atoms with Crippen molar-refractivity contribution in [2.45, 2.75) is 30.4 Å². The molecule has 0 spiro atoms. The van der Waals surface area contributed by atoms with Crippen molar-refractivity contribution in [2.75, 3.05) is 0 Å². The van der Waals surface area contributed by atoms with Crippen LogP contribution in [0.2, 0.25) is 0 Å². The van der Waals surface area contributed by atoms with E-state index < -0.39 is 20.9 Å². The number of hydrogen-bond acceptors (Lipinski definition) is 5. The lowest BCUT2D eigenvalue weighted by Crippen LogP contribution is -2.33. The molecule has 0 fully saturated rings. The van der Waals surface area contributed by atoms with Crippen LogP contribution in [-0.4, -0.2) is 25.2 Å². The topological polar surface area (TPSA) is 68.3 Å². The molecule has 1 heterocycles. The number of sulfone groups is 1. The predicted molar refractivity (Wildman–Crippen MR) is 111 cm³/mol. The van der Waals surface area contributed by atoms with Crippen molar-refractivity contribution < 1.29 is 18.0 Å². The molecule has 0 amide bonds. The largest absolute Gasteiger partial charge is 0.294 e. The van der Waals surface area contributed by atoms with Crippen LogP contribution in [0.5, 0.6) is 0 Å². The Balaban J connectivity index is 2.02. The Morgan fingerprint density at radius 1 is 0.857 bits per heavy atom. The van der Waals surface area contributed by atoms with E-state index >= 15 is 0 Å². The lowest BCUT2D eigenvalue weighted by Gasteiger charge is -2.17. The van der Waals surface area contributed by atoms with Gasteiger partial charge >= 0.3 is 0 Å². The summed E-state index contributed by atoms with van der Waals surface area (Å²) in [4.78, 5) is 25.8. The minimum Gasteiger partial charge on any atom is -0.294 e. The van der Waals surface area contributed by atoms with Gasteiger partial charge < -0.3 is 0 Å². The van der Waals surface area contributed by atoms with Crippen molar-refractivity contribution in [2.24, 2.45) is 0 Å². The van der Waals surface area contributed by atoms with Gasteiger partial charge in [-0.2, -0.15) is 11.3 Å². The zero-order valence-corrected chi connectivity index (χ0v) is 17.2. The molecule has 2 aromatic carbocycles. The zero-order chi connectivity index (χ0) is 20.3. The summed E-state index contributed by atoms with van der Waals surface area (Å²) in [7, 11) is -4.03. The van der Waals surface area contributed by atoms with Gasteiger partial charge in [0.15, 0.2) is 21.4 Å². The van der Waals surface area contributed by atoms with Crippen molar-refractivity contribution in [3.8, 4) is 0 Å². The van der Waals surface area contributed by atoms with Crippen LogP contribution in [0.4, 0.5) is 0 Å². The number of Topliss-reactive ketones (excluding diaryl/α,β-unsaturated/α-hetero) is 2. The van der Waals surface area contributed by atoms with Gasteiger partial charge in [0, 0.05) is 22.9 Å². The summed E-state index contributed by atoms with van der Waals surface area (Å²) >= 11 is 1.35. The van der Waals surface area contributed by atoms with E-state index in [1.807, 2.05) is 13.8 Å². The molecule has 6 heteroatoms. The number of benzene rings is 2. The molecule has 4 nitrogen and oxygen atoms in total. The highest BCUT2D eigenvalue weighted by atomic mass is 32.2. The van der Waals surface area contributed by atoms with Gasteiger partial charge in [0.25, 0.3) is 0 Å². The Bertz CT molecular complexity index is 1080. The first-order valence-electron chi connectivity index (χ1n) is 8.76. The van der Waals surface area contributed by atoms with Crippen LogP contribution in [0.1, 0.15) is 38.3 Å². The smallest absolute Gasteiger partial charge is 0.189 e. The molecule has 0 saturated heterocycles. The van der Waals surface area contributed by atoms with Crippen molar-refractivity contribution in [1.29, 1.82) is 0 Å². The molecule has 0 unspecified atom stereocenters. The number of hydrogen-bond donors (Lipinski definition) is 0. The first-order chi connectivity index (χ1) is 13.3. The van der Waals surface area contributed by atoms with Crippen LogP contribution in [0.15, 0.2) is 70.3 Å². The third-order valence-corrected chi connectivity index (χ3v) is 7.31. The number of ketones is 2. The highest BCUT2D eigenvalue weighted by molar-refractivity contribution is 7.92. The van der Waals surface area contributed by atoms with E-state index in [-0.39, 0.29) is 22.7 Å². The van der Waals surface area contributed by atoms with Crippen LogP contribution in [-0.2, 0) is 9.84 Å². The van der Waals surface area contributed by atoms with E-state index in [1.165, 1.54) is 23.5 Å². The van der Waals surface area contributed by atoms with Crippen LogP contribution < -0.4 is 0 Å². The third-order valence-electron chi connectivity index (χ3n) is 4.57. The Morgan fingerprint density at radius 3 is 1.96 bits per heavy atom. The molecule has 0 radical (unpaired) electrons. The summed E-state index contributed by atoms with van der Waals surface area (Å²) in [6, 6.07) is 14.7. The standard InChI is InChI=1S/C22H20O4S2/c1-15-3-7-17(8-4-15)22(24)21(13-20(23)18-11-12-27-14-18)28(25,26)19-9-5-16(2)6-10-19/h3-12,14,21H,13H2,1-2H3/t21-/m1/s1. The van der Waals surface area contributed by atoms with Crippen LogP contribution in [0.3, 0.4) is 0 Å². The van der Waals surface area contributed by atoms with Crippen LogP contribution in [0, 0.1) is 13.8 Å². The first kappa shape index (κ1) is 20.2. The van der Waals surface area contributed by atoms with E-state index in [9.17, 15) is 18.0 Å². The first-order valence-corrected chi connectivity index (χ1v) is 11.2. The maximum absolute atomic E-state index is 13.3. The molecule has 28 heavy (non-hydrogen) atoms. The Labute approximate surface area is 168 Å². The maximum Gasteiger partial charge on any atom is 0.189 e. The van der Waals surface area contributed by atoms with Crippen LogP contribution in [0.25, 0.3) is 0 Å². The molecule has 0 saturated carbocycles. The third kappa shape index (κ3) is 4.29. The maximum atomic E-state index is 13.3. The van der Waals surface area contributed by atoms with Gasteiger partial charge in [0.2, 0.25) is 0 Å². The fourth-order valence-electron chi connectivity index (χ4n) is 2.85. The minimum atomic E-state index is -4.03. The summed E-state index contributed by atoms with van der Waals surface area (Å²) in [5.74, 6) is -0.924. The molecule has 1 aromatic heterocycles. The molecule has 0 aliphatic carbocycles. The molecule has 0 N–H and O–H groups in total. The van der Waals surface area contributed by atoms with E-state index in [0.29, 0.717) is 5.56 Å². The van der Waals surface area contributed by atoms with Gasteiger partial charge in [-0.05, 0) is 37.4 Å². The Hall–Kier alpha value is -2.57. The number of thiophene rings is 1. The highest BCUT2D eigenvalue weighted by Gasteiger charge is 2.36. The molecule has 0 aliphatic heterocycles. The zero-order valence-electron chi connectivity index (χ0n) is 15.6. The number of rotatable bonds is 7. The average molecular weight is 413 g/mol. The molecule has 144 valence electrons. The normalized spacial score (nSPS) is 12.5. The minimum absolute atomic E-state index is 0.0432. The van der Waals surface area contributed by atoms with Crippen molar-refractivity contribution >= 4 is 32.7 Å². The van der Waals surface area contributed by atoms with Gasteiger partial charge in [0.1, 0.15) is 5.25 Å². The molecule has 0 aliphatic rings. The molecule has 3 aromatic rings. The number of aryl methyl sites for hydroxylation is 2. The summed E-state index contributed by atoms with van der Waals surface area (Å²) in [5, 5.41) is 1.94. The van der Waals surface area contributed by atoms with Crippen molar-refractivity contribution in [3.05, 3.63) is 87.6 Å². The Kier molecular flexibility index (Phi) is 5.91. The molecule has 0 bridgehead atoms. The van der Waals surface area contributed by atoms with E-state index in [4.69, 9.17) is 0 Å². The van der Waals surface area contributed by atoms with Gasteiger partial charge in [-0.25, -0.2) is 8.42 Å². The van der Waals surface area contributed by atoms with Gasteiger partial charge in [-0.3, -0.25) is 9.59 Å². The lowest BCUT2D eigenvalue weighted by atomic mass is 10.0. The van der Waals surface area contributed by atoms with Gasteiger partial charge in [-0.15, -0.1) is 0 Å². The summed E-state index contributed by atoms with van der Waals surface area (Å²) in [6.45, 7) is 3.74. The summed E-state index contributed by atoms with van der Waals surface area (Å²) < 4.78 is 26.5. The predicted octanol–water partition coefficient (Wildman–Crippen LogP) is 4.66. The number of carbonyl (C=O) groups excluding carboxylic acids is 2. The number of carbonyl (C=O) groups is 2. The molecular formula is C22H20O4S2. The second-order valence-corrected chi connectivity index (χ2v) is 9.63. The monoisotopic (exact) mass is 412 g/mol. The van der Waals surface area contributed by atoms with E-state index in [1.54, 1.807) is 53.2 Å². The molecular weight excluding hydrogens is 392 g/mol. The summed E-state index contributed by atoms with van der Waals surface area (Å²) in [5.41, 5.74) is 2.58. The summed E-state index contributed by atoms with van der Waals surface area (Å²) in [6.07, 6.45) is -0.389. The van der Waals surface area contributed by atoms with Gasteiger partial charge in [-0.1, -0.05) is 47.5 Å². The van der Waals surface area contributed by atoms with Gasteiger partial charge in [0.05, 0.1) is 4.90 Å². The van der Waals surface area contributed by atoms with Crippen LogP contribution >= 0.6 is 11.3 Å². The lowest BCUT2D eigenvalue weighted by molar-refractivity contribution is 0.0921. The van der Waals surface area contributed by atoms with Crippen molar-refractivity contribution in [1.82, 2.24) is 0 Å². The fourth-order valence-corrected chi connectivity index (χ4v) is 5.14. The Morgan fingerprint density at radius 2 is 1.43 bits per heavy atom. The molecule has 3 rings (SSSR count). The van der Waals surface area contributed by atoms with E-state index in [0.717, 1.165) is 11.1 Å². The quantitative estimate of drug-likeness (QED) is 0.529. The average Bonchev–Trinajstić information content (AvgIpc) is 3.21. The van der Waals surface area contributed by atoms with E-state index in [2.05, 4.69) is 0 Å². The SMILES string of the molecule is Cc1ccc(C(=O)[C@@H](CC(=O)c2ccsc2)S(=O)(=O)c2ccc(C)cc2)cc1. The van der Waals surface area contributed by atoms with Crippen molar-refractivity contribution in [3.63, 3.8) is 0 Å². The second-order valence-electron chi connectivity index (χ2n) is 6.72. The molecule has 1 atom stereocenters. The fraction of sp³-hybridized carbons (Fsp3) is 0.182.